The van der Waals surface area contributed by atoms with Crippen molar-refractivity contribution < 1.29 is 14.6 Å². The van der Waals surface area contributed by atoms with Gasteiger partial charge in [-0.15, -0.1) is 22.7 Å². The zero-order chi connectivity index (χ0) is 17.8. The SMILES string of the molecule is CCOc1ccc(-c2nc(-c3ccc(CC)s3)c(CC(=O)O)s2)cn1. The van der Waals surface area contributed by atoms with Gasteiger partial charge in [0.25, 0.3) is 0 Å². The fourth-order valence-corrected chi connectivity index (χ4v) is 4.45. The minimum absolute atomic E-state index is 0.0309. The Labute approximate surface area is 154 Å². The summed E-state index contributed by atoms with van der Waals surface area (Å²) in [4.78, 5) is 23.2. The van der Waals surface area contributed by atoms with Crippen molar-refractivity contribution in [2.45, 2.75) is 26.7 Å². The molecular weight excluding hydrogens is 356 g/mol. The van der Waals surface area contributed by atoms with Crippen LogP contribution in [-0.4, -0.2) is 27.7 Å². The summed E-state index contributed by atoms with van der Waals surface area (Å²) in [5, 5.41) is 9.99. The van der Waals surface area contributed by atoms with Gasteiger partial charge in [0.15, 0.2) is 0 Å². The Hall–Kier alpha value is -2.25. The number of hydrogen-bond donors (Lipinski definition) is 1. The molecule has 0 aliphatic carbocycles. The van der Waals surface area contributed by atoms with E-state index in [1.54, 1.807) is 23.6 Å². The Morgan fingerprint density at radius 3 is 2.64 bits per heavy atom. The van der Waals surface area contributed by atoms with E-state index in [1.807, 2.05) is 19.1 Å². The van der Waals surface area contributed by atoms with Crippen LogP contribution in [0.15, 0.2) is 30.5 Å². The highest BCUT2D eigenvalue weighted by Crippen LogP contribution is 2.37. The molecule has 0 radical (unpaired) electrons. The summed E-state index contributed by atoms with van der Waals surface area (Å²) in [5.74, 6) is -0.284. The second kappa shape index (κ2) is 7.76. The molecule has 3 aromatic heterocycles. The number of carboxylic acid groups (broad SMARTS) is 1. The van der Waals surface area contributed by atoms with Gasteiger partial charge < -0.3 is 9.84 Å². The topological polar surface area (TPSA) is 72.3 Å². The van der Waals surface area contributed by atoms with Crippen LogP contribution in [0.3, 0.4) is 0 Å². The lowest BCUT2D eigenvalue weighted by Gasteiger charge is -2.01. The van der Waals surface area contributed by atoms with Crippen molar-refractivity contribution >= 4 is 28.6 Å². The molecule has 5 nitrogen and oxygen atoms in total. The lowest BCUT2D eigenvalue weighted by Crippen LogP contribution is -1.99. The number of pyridine rings is 1. The molecule has 0 fully saturated rings. The van der Waals surface area contributed by atoms with Gasteiger partial charge in [-0.2, -0.15) is 0 Å². The molecule has 0 saturated heterocycles. The maximum Gasteiger partial charge on any atom is 0.308 e. The molecule has 3 aromatic rings. The Balaban J connectivity index is 1.98. The van der Waals surface area contributed by atoms with Gasteiger partial charge in [-0.3, -0.25) is 4.79 Å². The molecule has 7 heteroatoms. The maximum absolute atomic E-state index is 11.2. The quantitative estimate of drug-likeness (QED) is 0.658. The van der Waals surface area contributed by atoms with E-state index in [0.29, 0.717) is 12.5 Å². The summed E-state index contributed by atoms with van der Waals surface area (Å²) in [6, 6.07) is 7.79. The van der Waals surface area contributed by atoms with Gasteiger partial charge in [-0.05, 0) is 31.5 Å². The van der Waals surface area contributed by atoms with Crippen molar-refractivity contribution in [3.05, 3.63) is 40.2 Å². The number of carboxylic acids is 1. The molecule has 130 valence electrons. The fourth-order valence-electron chi connectivity index (χ4n) is 2.36. The Morgan fingerprint density at radius 2 is 2.04 bits per heavy atom. The highest BCUT2D eigenvalue weighted by atomic mass is 32.1. The van der Waals surface area contributed by atoms with E-state index in [4.69, 9.17) is 9.72 Å². The number of ether oxygens (including phenoxy) is 1. The first-order valence-corrected chi connectivity index (χ1v) is 9.63. The average Bonchev–Trinajstić information content (AvgIpc) is 3.22. The van der Waals surface area contributed by atoms with Gasteiger partial charge in [-0.1, -0.05) is 6.92 Å². The van der Waals surface area contributed by atoms with E-state index in [2.05, 4.69) is 18.0 Å². The number of thiophene rings is 1. The predicted molar refractivity (Wildman–Crippen MR) is 101 cm³/mol. The second-order valence-corrected chi connectivity index (χ2v) is 7.55. The molecule has 0 aliphatic rings. The molecule has 0 spiro atoms. The van der Waals surface area contributed by atoms with E-state index in [1.165, 1.54) is 16.2 Å². The minimum atomic E-state index is -0.853. The van der Waals surface area contributed by atoms with Crippen LogP contribution in [0.2, 0.25) is 0 Å². The predicted octanol–water partition coefficient (Wildman–Crippen LogP) is 4.52. The summed E-state index contributed by atoms with van der Waals surface area (Å²) < 4.78 is 5.36. The van der Waals surface area contributed by atoms with E-state index < -0.39 is 5.97 Å². The largest absolute Gasteiger partial charge is 0.481 e. The normalized spacial score (nSPS) is 10.8. The van der Waals surface area contributed by atoms with Gasteiger partial charge >= 0.3 is 5.97 Å². The minimum Gasteiger partial charge on any atom is -0.481 e. The maximum atomic E-state index is 11.2. The number of aliphatic carboxylic acids is 1. The molecular formula is C18H18N2O3S2. The summed E-state index contributed by atoms with van der Waals surface area (Å²) in [6.45, 7) is 4.58. The summed E-state index contributed by atoms with van der Waals surface area (Å²) in [6.07, 6.45) is 2.64. The van der Waals surface area contributed by atoms with E-state index in [9.17, 15) is 9.90 Å². The van der Waals surface area contributed by atoms with Crippen molar-refractivity contribution in [1.82, 2.24) is 9.97 Å². The number of nitrogens with zero attached hydrogens (tertiary/aromatic N) is 2. The van der Waals surface area contributed by atoms with Crippen LogP contribution in [-0.2, 0) is 17.6 Å². The molecule has 1 N–H and O–H groups in total. The number of aryl methyl sites for hydroxylation is 1. The molecule has 0 bridgehead atoms. The van der Waals surface area contributed by atoms with Crippen molar-refractivity contribution in [1.29, 1.82) is 0 Å². The Kier molecular flexibility index (Phi) is 5.45. The van der Waals surface area contributed by atoms with Crippen molar-refractivity contribution in [3.8, 4) is 27.0 Å². The van der Waals surface area contributed by atoms with E-state index in [0.717, 1.165) is 32.4 Å². The number of rotatable bonds is 7. The van der Waals surface area contributed by atoms with Crippen LogP contribution in [0.1, 0.15) is 23.6 Å². The number of carbonyl (C=O) groups is 1. The highest BCUT2D eigenvalue weighted by Gasteiger charge is 2.18. The molecule has 3 heterocycles. The lowest BCUT2D eigenvalue weighted by molar-refractivity contribution is -0.136. The Morgan fingerprint density at radius 1 is 1.20 bits per heavy atom. The summed E-state index contributed by atoms with van der Waals surface area (Å²) in [7, 11) is 0. The van der Waals surface area contributed by atoms with Crippen molar-refractivity contribution in [2.24, 2.45) is 0 Å². The van der Waals surface area contributed by atoms with Crippen LogP contribution in [0.5, 0.6) is 5.88 Å². The third-order valence-corrected chi connectivity index (χ3v) is 5.87. The number of thiazole rings is 1. The standard InChI is InChI=1S/C18H18N2O3S2/c1-3-12-6-7-13(24-12)17-14(9-16(21)22)25-18(20-17)11-5-8-15(19-10-11)23-4-2/h5-8,10H,3-4,9H2,1-2H3,(H,21,22). The third kappa shape index (κ3) is 4.05. The van der Waals surface area contributed by atoms with Gasteiger partial charge in [0.05, 0.1) is 23.6 Å². The second-order valence-electron chi connectivity index (χ2n) is 5.30. The first-order chi connectivity index (χ1) is 12.1. The van der Waals surface area contributed by atoms with Crippen LogP contribution in [0.25, 0.3) is 21.1 Å². The molecule has 0 saturated carbocycles. The van der Waals surface area contributed by atoms with Crippen LogP contribution in [0, 0.1) is 0 Å². The zero-order valence-electron chi connectivity index (χ0n) is 14.0. The molecule has 0 unspecified atom stereocenters. The van der Waals surface area contributed by atoms with Gasteiger partial charge in [-0.25, -0.2) is 9.97 Å². The average molecular weight is 374 g/mol. The molecule has 0 aliphatic heterocycles. The monoisotopic (exact) mass is 374 g/mol. The summed E-state index contributed by atoms with van der Waals surface area (Å²) in [5.41, 5.74) is 1.62. The first kappa shape index (κ1) is 17.6. The third-order valence-electron chi connectivity index (χ3n) is 3.53. The Bertz CT molecular complexity index is 869. The molecule has 25 heavy (non-hydrogen) atoms. The van der Waals surface area contributed by atoms with Crippen molar-refractivity contribution in [3.63, 3.8) is 0 Å². The van der Waals surface area contributed by atoms with E-state index in [-0.39, 0.29) is 6.42 Å². The number of hydrogen-bond acceptors (Lipinski definition) is 6. The summed E-state index contributed by atoms with van der Waals surface area (Å²) >= 11 is 3.07. The molecule has 0 atom stereocenters. The van der Waals surface area contributed by atoms with E-state index >= 15 is 0 Å². The van der Waals surface area contributed by atoms with Crippen LogP contribution >= 0.6 is 22.7 Å². The highest BCUT2D eigenvalue weighted by molar-refractivity contribution is 7.17. The molecule has 0 amide bonds. The molecule has 3 rings (SSSR count). The fraction of sp³-hybridized carbons (Fsp3) is 0.278. The van der Waals surface area contributed by atoms with Crippen LogP contribution in [0.4, 0.5) is 0 Å². The van der Waals surface area contributed by atoms with Gasteiger partial charge in [0.1, 0.15) is 5.01 Å². The number of aromatic nitrogens is 2. The smallest absolute Gasteiger partial charge is 0.308 e. The van der Waals surface area contributed by atoms with Crippen molar-refractivity contribution in [2.75, 3.05) is 6.61 Å². The van der Waals surface area contributed by atoms with Crippen LogP contribution < -0.4 is 4.74 Å². The van der Waals surface area contributed by atoms with Gasteiger partial charge in [0.2, 0.25) is 5.88 Å². The zero-order valence-corrected chi connectivity index (χ0v) is 15.6. The molecule has 0 aromatic carbocycles. The lowest BCUT2D eigenvalue weighted by atomic mass is 10.2. The first-order valence-electron chi connectivity index (χ1n) is 8.00. The van der Waals surface area contributed by atoms with Gasteiger partial charge in [0, 0.05) is 27.6 Å².